The molecule has 6 nitrogen and oxygen atoms in total. The van der Waals surface area contributed by atoms with Crippen molar-refractivity contribution >= 4 is 28.1 Å². The zero-order valence-electron chi connectivity index (χ0n) is 11.0. The second kappa shape index (κ2) is 4.46. The van der Waals surface area contributed by atoms with Crippen LogP contribution in [-0.4, -0.2) is 57.6 Å². The third-order valence-corrected chi connectivity index (χ3v) is 5.09. The number of thiazole rings is 1. The molecule has 0 aliphatic carbocycles. The lowest BCUT2D eigenvalue weighted by Crippen LogP contribution is -2.50. The molecule has 1 N–H and O–H groups in total. The Hall–Kier alpha value is -1.60. The predicted octanol–water partition coefficient (Wildman–Crippen LogP) is 1.38. The van der Waals surface area contributed by atoms with Gasteiger partial charge in [0.25, 0.3) is 0 Å². The highest BCUT2D eigenvalue weighted by Gasteiger charge is 2.33. The summed E-state index contributed by atoms with van der Waals surface area (Å²) in [6, 6.07) is 0.560. The minimum atomic E-state index is -0.903. The number of hydrogen-bond donors (Lipinski definition) is 1. The molecular formula is C13H16N4O2S. The van der Waals surface area contributed by atoms with Crippen molar-refractivity contribution in [1.29, 1.82) is 0 Å². The number of aromatic carboxylic acids is 1. The molecule has 2 saturated heterocycles. The van der Waals surface area contributed by atoms with E-state index in [1.165, 1.54) is 30.7 Å². The Morgan fingerprint density at radius 3 is 3.15 bits per heavy atom. The molecule has 0 spiro atoms. The second-order valence-corrected chi connectivity index (χ2v) is 6.30. The molecule has 0 amide bonds. The van der Waals surface area contributed by atoms with Crippen LogP contribution >= 0.6 is 11.3 Å². The number of carboxylic acid groups (broad SMARTS) is 1. The quantitative estimate of drug-likeness (QED) is 0.906. The average molecular weight is 292 g/mol. The number of rotatable bonds is 2. The summed E-state index contributed by atoms with van der Waals surface area (Å²) in [7, 11) is 0. The van der Waals surface area contributed by atoms with E-state index in [4.69, 9.17) is 0 Å². The lowest BCUT2D eigenvalue weighted by atomic mass is 10.1. The van der Waals surface area contributed by atoms with Gasteiger partial charge in [0.1, 0.15) is 0 Å². The monoisotopic (exact) mass is 292 g/mol. The molecule has 2 fully saturated rings. The van der Waals surface area contributed by atoms with Crippen LogP contribution in [0.4, 0.5) is 5.82 Å². The van der Waals surface area contributed by atoms with Crippen molar-refractivity contribution in [1.82, 2.24) is 14.3 Å². The van der Waals surface area contributed by atoms with Crippen LogP contribution in [0, 0.1) is 0 Å². The Bertz CT molecular complexity index is 664. The highest BCUT2D eigenvalue weighted by Crippen LogP contribution is 2.29. The van der Waals surface area contributed by atoms with E-state index < -0.39 is 5.97 Å². The molecule has 7 heteroatoms. The zero-order chi connectivity index (χ0) is 13.7. The highest BCUT2D eigenvalue weighted by molar-refractivity contribution is 7.15. The minimum absolute atomic E-state index is 0.299. The third-order valence-electron chi connectivity index (χ3n) is 4.33. The Labute approximate surface area is 120 Å². The molecule has 4 heterocycles. The summed E-state index contributed by atoms with van der Waals surface area (Å²) < 4.78 is 1.68. The summed E-state index contributed by atoms with van der Waals surface area (Å²) in [5.41, 5.74) is 0.299. The van der Waals surface area contributed by atoms with Gasteiger partial charge in [0.05, 0.1) is 0 Å². The standard InChI is InChI=1S/C13H16N4O2S/c18-12(19)10-11(14-13-17(10)6-7-20-13)16-5-4-15-3-1-2-9(15)8-16/h6-7,9H,1-5,8H2,(H,18,19). The first kappa shape index (κ1) is 12.2. The van der Waals surface area contributed by atoms with Crippen LogP contribution in [0.1, 0.15) is 23.3 Å². The van der Waals surface area contributed by atoms with E-state index in [0.29, 0.717) is 17.6 Å². The lowest BCUT2D eigenvalue weighted by molar-refractivity contribution is 0.0690. The summed E-state index contributed by atoms with van der Waals surface area (Å²) in [4.78, 5) is 21.5. The van der Waals surface area contributed by atoms with E-state index in [1.54, 1.807) is 10.6 Å². The maximum atomic E-state index is 11.6. The van der Waals surface area contributed by atoms with Gasteiger partial charge < -0.3 is 10.0 Å². The van der Waals surface area contributed by atoms with Gasteiger partial charge in [0, 0.05) is 37.3 Å². The molecule has 2 aromatic heterocycles. The summed E-state index contributed by atoms with van der Waals surface area (Å²) >= 11 is 1.47. The maximum Gasteiger partial charge on any atom is 0.356 e. The number of carbonyl (C=O) groups is 1. The molecule has 2 aliphatic rings. The summed E-state index contributed by atoms with van der Waals surface area (Å²) in [5.74, 6) is -0.268. The number of piperazine rings is 1. The van der Waals surface area contributed by atoms with Crippen LogP contribution in [0.5, 0.6) is 0 Å². The highest BCUT2D eigenvalue weighted by atomic mass is 32.1. The summed E-state index contributed by atoms with van der Waals surface area (Å²) in [6.45, 7) is 3.95. The van der Waals surface area contributed by atoms with Crippen LogP contribution < -0.4 is 4.90 Å². The van der Waals surface area contributed by atoms with E-state index in [0.717, 1.165) is 24.6 Å². The van der Waals surface area contributed by atoms with E-state index in [2.05, 4.69) is 14.8 Å². The molecule has 0 saturated carbocycles. The Kier molecular flexibility index (Phi) is 2.71. The minimum Gasteiger partial charge on any atom is -0.476 e. The average Bonchev–Trinajstić information content (AvgIpc) is 3.11. The molecule has 0 bridgehead atoms. The van der Waals surface area contributed by atoms with Gasteiger partial charge in [-0.15, -0.1) is 11.3 Å². The van der Waals surface area contributed by atoms with Gasteiger partial charge in [-0.25, -0.2) is 9.78 Å². The smallest absolute Gasteiger partial charge is 0.356 e. The molecule has 2 aliphatic heterocycles. The van der Waals surface area contributed by atoms with Crippen LogP contribution in [-0.2, 0) is 0 Å². The Balaban J connectivity index is 1.72. The normalized spacial score (nSPS) is 23.4. The van der Waals surface area contributed by atoms with Crippen molar-refractivity contribution < 1.29 is 9.90 Å². The Morgan fingerprint density at radius 2 is 2.30 bits per heavy atom. The molecule has 0 aromatic carbocycles. The summed E-state index contributed by atoms with van der Waals surface area (Å²) in [5, 5.41) is 11.4. The van der Waals surface area contributed by atoms with E-state index in [9.17, 15) is 9.90 Å². The van der Waals surface area contributed by atoms with Gasteiger partial charge in [-0.3, -0.25) is 9.30 Å². The largest absolute Gasteiger partial charge is 0.476 e. The first-order valence-electron chi connectivity index (χ1n) is 6.92. The van der Waals surface area contributed by atoms with Crippen molar-refractivity contribution in [3.8, 4) is 0 Å². The lowest BCUT2D eigenvalue weighted by Gasteiger charge is -2.37. The Morgan fingerprint density at radius 1 is 1.40 bits per heavy atom. The van der Waals surface area contributed by atoms with Crippen LogP contribution in [0.25, 0.3) is 4.96 Å². The van der Waals surface area contributed by atoms with Gasteiger partial charge in [-0.2, -0.15) is 0 Å². The van der Waals surface area contributed by atoms with Crippen molar-refractivity contribution in [3.05, 3.63) is 17.3 Å². The third kappa shape index (κ3) is 1.73. The van der Waals surface area contributed by atoms with Gasteiger partial charge in [0.2, 0.25) is 0 Å². The molecule has 1 unspecified atom stereocenters. The van der Waals surface area contributed by atoms with Crippen molar-refractivity contribution in [2.45, 2.75) is 18.9 Å². The fourth-order valence-electron chi connectivity index (χ4n) is 3.38. The molecule has 1 atom stereocenters. The number of imidazole rings is 1. The number of nitrogens with zero attached hydrogens (tertiary/aromatic N) is 4. The van der Waals surface area contributed by atoms with E-state index in [1.807, 2.05) is 5.38 Å². The van der Waals surface area contributed by atoms with Gasteiger partial charge in [0.15, 0.2) is 16.5 Å². The first-order valence-corrected chi connectivity index (χ1v) is 7.80. The summed E-state index contributed by atoms with van der Waals surface area (Å²) in [6.07, 6.45) is 4.25. The molecule has 106 valence electrons. The fraction of sp³-hybridized carbons (Fsp3) is 0.538. The second-order valence-electron chi connectivity index (χ2n) is 5.42. The molecule has 4 rings (SSSR count). The van der Waals surface area contributed by atoms with Gasteiger partial charge in [-0.05, 0) is 19.4 Å². The van der Waals surface area contributed by atoms with E-state index in [-0.39, 0.29) is 0 Å². The zero-order valence-corrected chi connectivity index (χ0v) is 11.8. The number of aromatic nitrogens is 2. The predicted molar refractivity (Wildman–Crippen MR) is 76.8 cm³/mol. The van der Waals surface area contributed by atoms with Crippen LogP contribution in [0.15, 0.2) is 11.6 Å². The van der Waals surface area contributed by atoms with Crippen LogP contribution in [0.3, 0.4) is 0 Å². The number of hydrogen-bond acceptors (Lipinski definition) is 5. The SMILES string of the molecule is O=C(O)c1c(N2CCN3CCCC3C2)nc2sccn12. The molecular weight excluding hydrogens is 276 g/mol. The number of anilines is 1. The van der Waals surface area contributed by atoms with Crippen molar-refractivity contribution in [2.24, 2.45) is 0 Å². The van der Waals surface area contributed by atoms with Crippen molar-refractivity contribution in [3.63, 3.8) is 0 Å². The molecule has 20 heavy (non-hydrogen) atoms. The van der Waals surface area contributed by atoms with Gasteiger partial charge >= 0.3 is 5.97 Å². The number of carboxylic acids is 1. The number of fused-ring (bicyclic) bond motifs is 2. The molecule has 0 radical (unpaired) electrons. The van der Waals surface area contributed by atoms with E-state index >= 15 is 0 Å². The fourth-order valence-corrected chi connectivity index (χ4v) is 4.09. The van der Waals surface area contributed by atoms with Gasteiger partial charge in [-0.1, -0.05) is 0 Å². The van der Waals surface area contributed by atoms with Crippen LogP contribution in [0.2, 0.25) is 0 Å². The first-order chi connectivity index (χ1) is 9.74. The maximum absolute atomic E-state index is 11.6. The molecule has 2 aromatic rings. The van der Waals surface area contributed by atoms with Crippen molar-refractivity contribution in [2.75, 3.05) is 31.1 Å². The topological polar surface area (TPSA) is 61.1 Å².